The van der Waals surface area contributed by atoms with E-state index in [9.17, 15) is 9.59 Å². The second-order valence-corrected chi connectivity index (χ2v) is 9.84. The SMILES string of the molecule is COC(=O)[C@@H]1O[C@]23C[C@H](OC(C)=O)[C@@H]4C(C)(C)CCC[C@]4(C)[C@H]2CC[C@H]1O3. The normalized spacial score (nSPS) is 47.5. The van der Waals surface area contributed by atoms with Crippen molar-refractivity contribution in [1.29, 1.82) is 0 Å². The molecule has 2 heterocycles. The molecule has 4 fully saturated rings. The van der Waals surface area contributed by atoms with Crippen LogP contribution in [0.25, 0.3) is 0 Å². The molecule has 27 heavy (non-hydrogen) atoms. The summed E-state index contributed by atoms with van der Waals surface area (Å²) in [6.45, 7) is 8.37. The lowest BCUT2D eigenvalue weighted by Gasteiger charge is -2.64. The van der Waals surface area contributed by atoms with Crippen molar-refractivity contribution in [3.05, 3.63) is 0 Å². The van der Waals surface area contributed by atoms with E-state index in [4.69, 9.17) is 18.9 Å². The third kappa shape index (κ3) is 2.74. The smallest absolute Gasteiger partial charge is 0.337 e. The Morgan fingerprint density at radius 1 is 1.07 bits per heavy atom. The van der Waals surface area contributed by atoms with E-state index in [1.54, 1.807) is 0 Å². The molecule has 6 heteroatoms. The largest absolute Gasteiger partial charge is 0.467 e. The average molecular weight is 380 g/mol. The lowest BCUT2D eigenvalue weighted by Crippen LogP contribution is -2.65. The fourth-order valence-electron chi connectivity index (χ4n) is 7.12. The molecule has 7 atom stereocenters. The lowest BCUT2D eigenvalue weighted by molar-refractivity contribution is -0.318. The molecule has 152 valence electrons. The van der Waals surface area contributed by atoms with Gasteiger partial charge in [0.15, 0.2) is 11.9 Å². The van der Waals surface area contributed by atoms with E-state index < -0.39 is 11.9 Å². The van der Waals surface area contributed by atoms with Gasteiger partial charge in [0, 0.05) is 25.2 Å². The molecule has 0 N–H and O–H groups in total. The number of ether oxygens (including phenoxy) is 4. The van der Waals surface area contributed by atoms with Crippen LogP contribution < -0.4 is 0 Å². The number of hydrogen-bond donors (Lipinski definition) is 0. The summed E-state index contributed by atoms with van der Waals surface area (Å²) in [5.74, 6) is -1.07. The Morgan fingerprint density at radius 2 is 1.81 bits per heavy atom. The van der Waals surface area contributed by atoms with Crippen LogP contribution in [-0.2, 0) is 28.5 Å². The van der Waals surface area contributed by atoms with Gasteiger partial charge in [0.25, 0.3) is 0 Å². The highest BCUT2D eigenvalue weighted by Gasteiger charge is 2.70. The van der Waals surface area contributed by atoms with Gasteiger partial charge in [-0.15, -0.1) is 0 Å². The predicted molar refractivity (Wildman–Crippen MR) is 96.6 cm³/mol. The molecular weight excluding hydrogens is 348 g/mol. The topological polar surface area (TPSA) is 71.1 Å². The molecule has 2 saturated carbocycles. The van der Waals surface area contributed by atoms with Gasteiger partial charge in [0.2, 0.25) is 0 Å². The fraction of sp³-hybridized carbons (Fsp3) is 0.905. The van der Waals surface area contributed by atoms with Gasteiger partial charge >= 0.3 is 11.9 Å². The molecule has 6 nitrogen and oxygen atoms in total. The molecule has 0 radical (unpaired) electrons. The fourth-order valence-corrected chi connectivity index (χ4v) is 7.12. The maximum atomic E-state index is 12.2. The average Bonchev–Trinajstić information content (AvgIpc) is 2.83. The lowest BCUT2D eigenvalue weighted by atomic mass is 9.45. The van der Waals surface area contributed by atoms with Gasteiger partial charge in [-0.2, -0.15) is 0 Å². The zero-order valence-corrected chi connectivity index (χ0v) is 17.1. The second kappa shape index (κ2) is 6.18. The minimum absolute atomic E-state index is 0.0594. The number of esters is 2. The molecule has 2 saturated heterocycles. The molecule has 0 amide bonds. The van der Waals surface area contributed by atoms with E-state index in [0.717, 1.165) is 32.1 Å². The first-order chi connectivity index (χ1) is 12.6. The maximum Gasteiger partial charge on any atom is 0.337 e. The van der Waals surface area contributed by atoms with Crippen molar-refractivity contribution < 1.29 is 28.5 Å². The van der Waals surface area contributed by atoms with Crippen molar-refractivity contribution in [2.24, 2.45) is 22.7 Å². The van der Waals surface area contributed by atoms with Crippen molar-refractivity contribution in [3.8, 4) is 0 Å². The Hall–Kier alpha value is -1.14. The monoisotopic (exact) mass is 380 g/mol. The zero-order valence-electron chi connectivity index (χ0n) is 17.1. The third-order valence-electron chi connectivity index (χ3n) is 7.78. The van der Waals surface area contributed by atoms with Crippen molar-refractivity contribution in [2.75, 3.05) is 7.11 Å². The summed E-state index contributed by atoms with van der Waals surface area (Å²) in [5.41, 5.74) is 0.0159. The van der Waals surface area contributed by atoms with Crippen LogP contribution in [0.3, 0.4) is 0 Å². The van der Waals surface area contributed by atoms with Gasteiger partial charge in [-0.05, 0) is 36.5 Å². The van der Waals surface area contributed by atoms with Crippen molar-refractivity contribution >= 4 is 11.9 Å². The Balaban J connectivity index is 1.75. The number of fused-ring (bicyclic) bond motifs is 3. The highest BCUT2D eigenvalue weighted by atomic mass is 16.8. The number of carbonyl (C=O) groups is 2. The summed E-state index contributed by atoms with van der Waals surface area (Å²) in [4.78, 5) is 24.1. The van der Waals surface area contributed by atoms with Crippen molar-refractivity contribution in [3.63, 3.8) is 0 Å². The summed E-state index contributed by atoms with van der Waals surface area (Å²) in [7, 11) is 1.38. The molecule has 0 aromatic carbocycles. The Kier molecular flexibility index (Phi) is 4.39. The van der Waals surface area contributed by atoms with Gasteiger partial charge in [0.05, 0.1) is 13.2 Å². The summed E-state index contributed by atoms with van der Waals surface area (Å²) < 4.78 is 23.5. The van der Waals surface area contributed by atoms with Crippen molar-refractivity contribution in [2.45, 2.75) is 90.3 Å². The van der Waals surface area contributed by atoms with Crippen LogP contribution in [0, 0.1) is 22.7 Å². The first kappa shape index (κ1) is 19.2. The van der Waals surface area contributed by atoms with Crippen LogP contribution in [0.2, 0.25) is 0 Å². The summed E-state index contributed by atoms with van der Waals surface area (Å²) in [6.07, 6.45) is 4.35. The van der Waals surface area contributed by atoms with Gasteiger partial charge in [-0.3, -0.25) is 4.79 Å². The van der Waals surface area contributed by atoms with Gasteiger partial charge in [0.1, 0.15) is 6.10 Å². The van der Waals surface area contributed by atoms with Crippen molar-refractivity contribution in [1.82, 2.24) is 0 Å². The van der Waals surface area contributed by atoms with E-state index in [2.05, 4.69) is 20.8 Å². The van der Waals surface area contributed by atoms with Gasteiger partial charge in [-0.25, -0.2) is 4.79 Å². The molecule has 0 unspecified atom stereocenters. The van der Waals surface area contributed by atoms with E-state index in [1.165, 1.54) is 14.0 Å². The van der Waals surface area contributed by atoms with E-state index in [0.29, 0.717) is 6.42 Å². The van der Waals surface area contributed by atoms with E-state index in [1.807, 2.05) is 0 Å². The summed E-state index contributed by atoms with van der Waals surface area (Å²) in [5, 5.41) is 0. The number of rotatable bonds is 2. The summed E-state index contributed by atoms with van der Waals surface area (Å²) >= 11 is 0. The maximum absolute atomic E-state index is 12.2. The number of hydrogen-bond acceptors (Lipinski definition) is 6. The van der Waals surface area contributed by atoms with Crippen LogP contribution >= 0.6 is 0 Å². The van der Waals surface area contributed by atoms with Crippen LogP contribution in [0.15, 0.2) is 0 Å². The van der Waals surface area contributed by atoms with Gasteiger partial charge in [-0.1, -0.05) is 27.2 Å². The van der Waals surface area contributed by atoms with E-state index in [-0.39, 0.29) is 46.8 Å². The van der Waals surface area contributed by atoms with Crippen LogP contribution in [-0.4, -0.2) is 43.1 Å². The number of carbonyl (C=O) groups excluding carboxylic acids is 2. The highest BCUT2D eigenvalue weighted by Crippen LogP contribution is 2.67. The second-order valence-electron chi connectivity index (χ2n) is 9.84. The molecule has 4 aliphatic rings. The zero-order chi connectivity index (χ0) is 19.6. The Bertz CT molecular complexity index is 645. The Morgan fingerprint density at radius 3 is 2.48 bits per heavy atom. The minimum Gasteiger partial charge on any atom is -0.467 e. The molecule has 1 spiro atoms. The van der Waals surface area contributed by atoms with Crippen LogP contribution in [0.4, 0.5) is 0 Å². The molecule has 4 rings (SSSR count). The van der Waals surface area contributed by atoms with Crippen LogP contribution in [0.5, 0.6) is 0 Å². The van der Waals surface area contributed by atoms with E-state index >= 15 is 0 Å². The first-order valence-corrected chi connectivity index (χ1v) is 10.2. The molecule has 0 aromatic rings. The predicted octanol–water partition coefficient (Wildman–Crippen LogP) is 3.22. The molecule has 2 aliphatic heterocycles. The quantitative estimate of drug-likeness (QED) is 0.685. The molecular formula is C21H32O6. The summed E-state index contributed by atoms with van der Waals surface area (Å²) in [6, 6.07) is 0. The minimum atomic E-state index is -0.861. The third-order valence-corrected chi connectivity index (χ3v) is 7.78. The molecule has 2 aliphatic carbocycles. The Labute approximate surface area is 161 Å². The molecule has 0 aromatic heterocycles. The van der Waals surface area contributed by atoms with Crippen LogP contribution in [0.1, 0.15) is 66.2 Å². The standard InChI is InChI=1S/C21H32O6/c1-12(22)25-14-11-21-15(20(4)10-6-9-19(2,3)17(14)20)8-7-13(26-21)16(27-21)18(23)24-5/h13-17H,6-11H2,1-5H3/t13-,14+,15-,16-,17-,20-,21-/m1/s1. The van der Waals surface area contributed by atoms with Gasteiger partial charge < -0.3 is 18.9 Å². The first-order valence-electron chi connectivity index (χ1n) is 10.2. The highest BCUT2D eigenvalue weighted by molar-refractivity contribution is 5.75. The number of methoxy groups -OCH3 is 1. The molecule has 2 bridgehead atoms.